The molecule has 0 aliphatic rings. The summed E-state index contributed by atoms with van der Waals surface area (Å²) >= 11 is 0. The number of rotatable bonds is 2. The van der Waals surface area contributed by atoms with Crippen LogP contribution in [-0.4, -0.2) is 21.3 Å². The lowest BCUT2D eigenvalue weighted by atomic mass is 10.1. The van der Waals surface area contributed by atoms with Crippen LogP contribution < -0.4 is 0 Å². The van der Waals surface area contributed by atoms with Gasteiger partial charge in [0, 0.05) is 5.39 Å². The van der Waals surface area contributed by atoms with Crippen LogP contribution in [0.1, 0.15) is 11.3 Å². The lowest BCUT2D eigenvalue weighted by molar-refractivity contribution is -0.137. The van der Waals surface area contributed by atoms with Gasteiger partial charge in [-0.15, -0.1) is 0 Å². The van der Waals surface area contributed by atoms with E-state index in [1.807, 2.05) is 0 Å². The van der Waals surface area contributed by atoms with E-state index in [4.69, 9.17) is 5.11 Å². The lowest BCUT2D eigenvalue weighted by Crippen LogP contribution is -2.05. The van der Waals surface area contributed by atoms with Crippen molar-refractivity contribution in [2.45, 2.75) is 12.6 Å². The number of aromatic amines is 1. The molecule has 0 bridgehead atoms. The van der Waals surface area contributed by atoms with Gasteiger partial charge in [0.2, 0.25) is 0 Å². The summed E-state index contributed by atoms with van der Waals surface area (Å²) in [5.74, 6) is -1.14. The molecule has 1 aromatic carbocycles. The highest BCUT2D eigenvalue weighted by atomic mass is 19.4. The van der Waals surface area contributed by atoms with E-state index in [9.17, 15) is 18.0 Å². The van der Waals surface area contributed by atoms with Crippen LogP contribution in [0.2, 0.25) is 0 Å². The number of fused-ring (bicyclic) bond motifs is 1. The number of halogens is 3. The molecule has 2 aromatic rings. The minimum absolute atomic E-state index is 0.0959. The van der Waals surface area contributed by atoms with Gasteiger partial charge in [-0.05, 0) is 18.2 Å². The number of benzene rings is 1. The van der Waals surface area contributed by atoms with Gasteiger partial charge in [-0.25, -0.2) is 0 Å². The van der Waals surface area contributed by atoms with Gasteiger partial charge in [-0.3, -0.25) is 9.89 Å². The molecule has 7 heteroatoms. The molecule has 0 atom stereocenters. The Kier molecular flexibility index (Phi) is 2.53. The summed E-state index contributed by atoms with van der Waals surface area (Å²) < 4.78 is 37.4. The Hall–Kier alpha value is -2.05. The molecule has 0 radical (unpaired) electrons. The van der Waals surface area contributed by atoms with E-state index in [2.05, 4.69) is 10.2 Å². The summed E-state index contributed by atoms with van der Waals surface area (Å²) in [4.78, 5) is 10.5. The maximum absolute atomic E-state index is 12.5. The summed E-state index contributed by atoms with van der Waals surface area (Å²) in [6.45, 7) is 0. The zero-order chi connectivity index (χ0) is 12.6. The molecule has 17 heavy (non-hydrogen) atoms. The van der Waals surface area contributed by atoms with Gasteiger partial charge >= 0.3 is 12.1 Å². The van der Waals surface area contributed by atoms with Crippen molar-refractivity contribution in [1.82, 2.24) is 10.2 Å². The average Bonchev–Trinajstić information content (AvgIpc) is 2.59. The zero-order valence-corrected chi connectivity index (χ0v) is 8.38. The van der Waals surface area contributed by atoms with E-state index < -0.39 is 24.1 Å². The largest absolute Gasteiger partial charge is 0.481 e. The summed E-state index contributed by atoms with van der Waals surface area (Å²) in [5.41, 5.74) is -0.342. The van der Waals surface area contributed by atoms with E-state index in [0.29, 0.717) is 5.52 Å². The first-order chi connectivity index (χ1) is 7.88. The number of hydrogen-bond acceptors (Lipinski definition) is 2. The first-order valence-electron chi connectivity index (χ1n) is 4.64. The quantitative estimate of drug-likeness (QED) is 0.851. The first-order valence-corrected chi connectivity index (χ1v) is 4.64. The molecular formula is C10H7F3N2O2. The fourth-order valence-electron chi connectivity index (χ4n) is 1.52. The van der Waals surface area contributed by atoms with Crippen LogP contribution in [0, 0.1) is 0 Å². The Bertz CT molecular complexity index is 574. The average molecular weight is 244 g/mol. The lowest BCUT2D eigenvalue weighted by Gasteiger charge is -2.05. The van der Waals surface area contributed by atoms with Crippen molar-refractivity contribution in [3.63, 3.8) is 0 Å². The van der Waals surface area contributed by atoms with Crippen LogP contribution in [0.25, 0.3) is 10.9 Å². The van der Waals surface area contributed by atoms with E-state index in [0.717, 1.165) is 12.1 Å². The fraction of sp³-hybridized carbons (Fsp3) is 0.200. The van der Waals surface area contributed by atoms with Gasteiger partial charge in [-0.2, -0.15) is 18.3 Å². The van der Waals surface area contributed by atoms with Crippen LogP contribution >= 0.6 is 0 Å². The SMILES string of the molecule is O=C(O)Cc1n[nH]c2ccc(C(F)(F)F)cc12. The van der Waals surface area contributed by atoms with Crippen molar-refractivity contribution in [3.05, 3.63) is 29.5 Å². The molecule has 0 aliphatic heterocycles. The highest BCUT2D eigenvalue weighted by molar-refractivity contribution is 5.85. The Balaban J connectivity index is 2.54. The predicted molar refractivity (Wildman–Crippen MR) is 52.4 cm³/mol. The van der Waals surface area contributed by atoms with Gasteiger partial charge < -0.3 is 5.11 Å². The molecular weight excluding hydrogens is 237 g/mol. The number of aliphatic carboxylic acids is 1. The smallest absolute Gasteiger partial charge is 0.416 e. The van der Waals surface area contributed by atoms with Gasteiger partial charge in [0.05, 0.1) is 23.2 Å². The van der Waals surface area contributed by atoms with Crippen LogP contribution in [0.4, 0.5) is 13.2 Å². The number of nitrogens with zero attached hydrogens (tertiary/aromatic N) is 1. The minimum Gasteiger partial charge on any atom is -0.481 e. The molecule has 0 saturated carbocycles. The molecule has 0 aliphatic carbocycles. The molecule has 0 saturated heterocycles. The summed E-state index contributed by atoms with van der Waals surface area (Å²) in [6.07, 6.45) is -4.87. The predicted octanol–water partition coefficient (Wildman–Crippen LogP) is 2.21. The molecule has 1 aromatic heterocycles. The van der Waals surface area contributed by atoms with Gasteiger partial charge in [0.25, 0.3) is 0 Å². The molecule has 2 rings (SSSR count). The standard InChI is InChI=1S/C10H7F3N2O2/c11-10(12,13)5-1-2-7-6(3-5)8(15-14-7)4-9(16)17/h1-3H,4H2,(H,14,15)(H,16,17). The first kappa shape index (κ1) is 11.4. The van der Waals surface area contributed by atoms with Crippen molar-refractivity contribution in [2.24, 2.45) is 0 Å². The number of carboxylic acids is 1. The number of nitrogens with one attached hydrogen (secondary N) is 1. The Morgan fingerprint density at radius 3 is 2.71 bits per heavy atom. The number of alkyl halides is 3. The highest BCUT2D eigenvalue weighted by Gasteiger charge is 2.30. The second kappa shape index (κ2) is 3.76. The fourth-order valence-corrected chi connectivity index (χ4v) is 1.52. The van der Waals surface area contributed by atoms with Gasteiger partial charge in [-0.1, -0.05) is 0 Å². The zero-order valence-electron chi connectivity index (χ0n) is 8.38. The number of hydrogen-bond donors (Lipinski definition) is 2. The maximum Gasteiger partial charge on any atom is 0.416 e. The van der Waals surface area contributed by atoms with Crippen molar-refractivity contribution >= 4 is 16.9 Å². The minimum atomic E-state index is -4.45. The summed E-state index contributed by atoms with van der Waals surface area (Å²) in [5, 5.41) is 15.0. The van der Waals surface area contributed by atoms with E-state index >= 15 is 0 Å². The number of carboxylic acid groups (broad SMARTS) is 1. The van der Waals surface area contributed by atoms with Crippen molar-refractivity contribution in [2.75, 3.05) is 0 Å². The third-order valence-corrected chi connectivity index (χ3v) is 2.29. The van der Waals surface area contributed by atoms with E-state index in [1.165, 1.54) is 6.07 Å². The summed E-state index contributed by atoms with van der Waals surface area (Å²) in [6, 6.07) is 3.05. The van der Waals surface area contributed by atoms with E-state index in [-0.39, 0.29) is 11.1 Å². The number of aromatic nitrogens is 2. The number of H-pyrrole nitrogens is 1. The molecule has 0 spiro atoms. The van der Waals surface area contributed by atoms with Gasteiger partial charge in [0.15, 0.2) is 0 Å². The topological polar surface area (TPSA) is 66.0 Å². The van der Waals surface area contributed by atoms with Crippen LogP contribution in [0.15, 0.2) is 18.2 Å². The molecule has 1 heterocycles. The molecule has 90 valence electrons. The van der Waals surface area contributed by atoms with Crippen molar-refractivity contribution in [3.8, 4) is 0 Å². The molecule has 4 nitrogen and oxygen atoms in total. The maximum atomic E-state index is 12.5. The number of carbonyl (C=O) groups is 1. The summed E-state index contributed by atoms with van der Waals surface area (Å²) in [7, 11) is 0. The Morgan fingerprint density at radius 2 is 2.12 bits per heavy atom. The van der Waals surface area contributed by atoms with Gasteiger partial charge in [0.1, 0.15) is 0 Å². The van der Waals surface area contributed by atoms with Crippen LogP contribution in [0.3, 0.4) is 0 Å². The highest BCUT2D eigenvalue weighted by Crippen LogP contribution is 2.31. The van der Waals surface area contributed by atoms with E-state index in [1.54, 1.807) is 0 Å². The Labute approximate surface area is 93.1 Å². The molecule has 0 unspecified atom stereocenters. The second-order valence-electron chi connectivity index (χ2n) is 3.50. The van der Waals surface area contributed by atoms with Crippen molar-refractivity contribution < 1.29 is 23.1 Å². The Morgan fingerprint density at radius 1 is 1.41 bits per heavy atom. The molecule has 0 fully saturated rings. The molecule has 0 amide bonds. The van der Waals surface area contributed by atoms with Crippen LogP contribution in [0.5, 0.6) is 0 Å². The third-order valence-electron chi connectivity index (χ3n) is 2.29. The van der Waals surface area contributed by atoms with Crippen LogP contribution in [-0.2, 0) is 17.4 Å². The third kappa shape index (κ3) is 2.22. The monoisotopic (exact) mass is 244 g/mol. The molecule has 2 N–H and O–H groups in total. The second-order valence-corrected chi connectivity index (χ2v) is 3.50. The van der Waals surface area contributed by atoms with Crippen molar-refractivity contribution in [1.29, 1.82) is 0 Å². The normalized spacial score (nSPS) is 11.9.